The fraction of sp³-hybridized carbons (Fsp3) is 0.273. The lowest BCUT2D eigenvalue weighted by molar-refractivity contribution is 0.876. The molecule has 4 nitrogen and oxygen atoms in total. The number of hydrogen-bond donors (Lipinski definition) is 2. The van der Waals surface area contributed by atoms with E-state index in [0.717, 1.165) is 15.5 Å². The number of thioether (sulfide) groups is 1. The summed E-state index contributed by atoms with van der Waals surface area (Å²) in [5.41, 5.74) is 6.94. The molecule has 0 amide bonds. The second-order valence-corrected chi connectivity index (χ2v) is 5.17. The molecule has 0 fully saturated rings. The standard InChI is InChI=1S/C11H14N4S2/c1-7(8-4-3-5-13-6-8)14-11-9(16-2)10(12)15-17-11/h3-7,14H,1-2H3,(H2,12,15). The highest BCUT2D eigenvalue weighted by Crippen LogP contribution is 2.36. The van der Waals surface area contributed by atoms with Crippen molar-refractivity contribution < 1.29 is 0 Å². The molecule has 0 aliphatic heterocycles. The van der Waals surface area contributed by atoms with Gasteiger partial charge in [0.2, 0.25) is 0 Å². The Labute approximate surface area is 109 Å². The van der Waals surface area contributed by atoms with E-state index in [9.17, 15) is 0 Å². The number of nitrogen functional groups attached to an aromatic ring is 1. The van der Waals surface area contributed by atoms with Crippen LogP contribution in [0.4, 0.5) is 10.8 Å². The maximum Gasteiger partial charge on any atom is 0.153 e. The quantitative estimate of drug-likeness (QED) is 0.833. The molecule has 2 rings (SSSR count). The predicted octanol–water partition coefficient (Wildman–Crippen LogP) is 3.02. The van der Waals surface area contributed by atoms with E-state index in [-0.39, 0.29) is 6.04 Å². The van der Waals surface area contributed by atoms with Crippen molar-refractivity contribution in [3.8, 4) is 0 Å². The Morgan fingerprint density at radius 2 is 2.35 bits per heavy atom. The van der Waals surface area contributed by atoms with Crippen LogP contribution in [-0.2, 0) is 0 Å². The molecule has 2 aromatic heterocycles. The monoisotopic (exact) mass is 266 g/mol. The van der Waals surface area contributed by atoms with Crippen LogP contribution in [0.25, 0.3) is 0 Å². The van der Waals surface area contributed by atoms with Crippen molar-refractivity contribution in [3.05, 3.63) is 30.1 Å². The minimum atomic E-state index is 0.189. The van der Waals surface area contributed by atoms with E-state index in [4.69, 9.17) is 5.73 Å². The molecule has 0 saturated carbocycles. The molecule has 0 bridgehead atoms. The largest absolute Gasteiger partial charge is 0.382 e. The summed E-state index contributed by atoms with van der Waals surface area (Å²) in [4.78, 5) is 5.13. The van der Waals surface area contributed by atoms with Crippen LogP contribution in [0, 0.1) is 0 Å². The number of hydrogen-bond acceptors (Lipinski definition) is 6. The van der Waals surface area contributed by atoms with E-state index in [1.54, 1.807) is 18.0 Å². The predicted molar refractivity (Wildman–Crippen MR) is 74.6 cm³/mol. The van der Waals surface area contributed by atoms with E-state index < -0.39 is 0 Å². The number of nitrogens with one attached hydrogen (secondary N) is 1. The maximum absolute atomic E-state index is 5.79. The summed E-state index contributed by atoms with van der Waals surface area (Å²) in [7, 11) is 0. The second kappa shape index (κ2) is 5.37. The third-order valence-corrected chi connectivity index (χ3v) is 4.15. The van der Waals surface area contributed by atoms with Gasteiger partial charge in [-0.05, 0) is 36.3 Å². The number of pyridine rings is 1. The Balaban J connectivity index is 2.16. The Bertz CT molecular complexity index is 483. The molecule has 0 aliphatic carbocycles. The fourth-order valence-corrected chi connectivity index (χ4v) is 3.11. The summed E-state index contributed by atoms with van der Waals surface area (Å²) < 4.78 is 4.15. The van der Waals surface area contributed by atoms with Gasteiger partial charge in [-0.2, -0.15) is 4.37 Å². The minimum absolute atomic E-state index is 0.189. The van der Waals surface area contributed by atoms with Gasteiger partial charge in [-0.1, -0.05) is 6.07 Å². The normalized spacial score (nSPS) is 12.4. The van der Waals surface area contributed by atoms with E-state index in [0.29, 0.717) is 5.82 Å². The summed E-state index contributed by atoms with van der Waals surface area (Å²) in [5.74, 6) is 0.600. The number of nitrogens with two attached hydrogens (primary N) is 1. The molecule has 6 heteroatoms. The maximum atomic E-state index is 5.79. The zero-order chi connectivity index (χ0) is 12.3. The molecular formula is C11H14N4S2. The van der Waals surface area contributed by atoms with E-state index in [1.165, 1.54) is 11.5 Å². The lowest BCUT2D eigenvalue weighted by Gasteiger charge is -2.14. The first-order valence-electron chi connectivity index (χ1n) is 5.18. The van der Waals surface area contributed by atoms with Crippen molar-refractivity contribution >= 4 is 34.1 Å². The third kappa shape index (κ3) is 2.70. The highest BCUT2D eigenvalue weighted by Gasteiger charge is 2.13. The van der Waals surface area contributed by atoms with E-state index >= 15 is 0 Å². The van der Waals surface area contributed by atoms with Gasteiger partial charge in [0.1, 0.15) is 5.00 Å². The average Bonchev–Trinajstić information content (AvgIpc) is 2.71. The van der Waals surface area contributed by atoms with Crippen LogP contribution in [-0.4, -0.2) is 15.6 Å². The van der Waals surface area contributed by atoms with Crippen molar-refractivity contribution in [2.24, 2.45) is 0 Å². The Morgan fingerprint density at radius 3 is 3.00 bits per heavy atom. The molecule has 0 saturated heterocycles. The van der Waals surface area contributed by atoms with Gasteiger partial charge in [0, 0.05) is 12.4 Å². The number of nitrogens with zero attached hydrogens (tertiary/aromatic N) is 2. The van der Waals surface area contributed by atoms with Crippen LogP contribution in [0.3, 0.4) is 0 Å². The fourth-order valence-electron chi connectivity index (χ4n) is 1.50. The topological polar surface area (TPSA) is 63.8 Å². The van der Waals surface area contributed by atoms with Crippen molar-refractivity contribution in [3.63, 3.8) is 0 Å². The third-order valence-electron chi connectivity index (χ3n) is 2.41. The highest BCUT2D eigenvalue weighted by atomic mass is 32.2. The average molecular weight is 266 g/mol. The first kappa shape index (κ1) is 12.2. The molecule has 17 heavy (non-hydrogen) atoms. The van der Waals surface area contributed by atoms with Crippen molar-refractivity contribution in [1.29, 1.82) is 0 Å². The molecule has 1 atom stereocenters. The summed E-state index contributed by atoms with van der Waals surface area (Å²) in [6, 6.07) is 4.17. The number of anilines is 2. The summed E-state index contributed by atoms with van der Waals surface area (Å²) in [6.07, 6.45) is 5.63. The van der Waals surface area contributed by atoms with Crippen LogP contribution < -0.4 is 11.1 Å². The molecule has 0 aliphatic rings. The van der Waals surface area contributed by atoms with E-state index in [1.807, 2.05) is 24.6 Å². The van der Waals surface area contributed by atoms with Crippen molar-refractivity contribution in [2.45, 2.75) is 17.9 Å². The molecule has 90 valence electrons. The second-order valence-electron chi connectivity index (χ2n) is 3.58. The highest BCUT2D eigenvalue weighted by molar-refractivity contribution is 7.99. The number of aromatic nitrogens is 2. The molecule has 1 unspecified atom stereocenters. The van der Waals surface area contributed by atoms with Crippen LogP contribution in [0.15, 0.2) is 29.4 Å². The van der Waals surface area contributed by atoms with Gasteiger partial charge in [-0.3, -0.25) is 4.98 Å². The first-order chi connectivity index (χ1) is 8.22. The van der Waals surface area contributed by atoms with Gasteiger partial charge in [-0.25, -0.2) is 0 Å². The molecule has 0 radical (unpaired) electrons. The minimum Gasteiger partial charge on any atom is -0.382 e. The molecule has 2 aromatic rings. The van der Waals surface area contributed by atoms with Gasteiger partial charge in [0.15, 0.2) is 5.82 Å². The number of rotatable bonds is 4. The van der Waals surface area contributed by atoms with Gasteiger partial charge in [-0.15, -0.1) is 11.8 Å². The summed E-state index contributed by atoms with van der Waals surface area (Å²) >= 11 is 3.01. The van der Waals surface area contributed by atoms with Crippen LogP contribution in [0.5, 0.6) is 0 Å². The zero-order valence-electron chi connectivity index (χ0n) is 9.68. The van der Waals surface area contributed by atoms with Gasteiger partial charge < -0.3 is 11.1 Å². The Morgan fingerprint density at radius 1 is 1.53 bits per heavy atom. The van der Waals surface area contributed by atoms with Gasteiger partial charge in [0.25, 0.3) is 0 Å². The lowest BCUT2D eigenvalue weighted by atomic mass is 10.1. The summed E-state index contributed by atoms with van der Waals surface area (Å²) in [6.45, 7) is 2.09. The molecule has 3 N–H and O–H groups in total. The smallest absolute Gasteiger partial charge is 0.153 e. The van der Waals surface area contributed by atoms with Gasteiger partial charge >= 0.3 is 0 Å². The van der Waals surface area contributed by atoms with Crippen LogP contribution >= 0.6 is 23.3 Å². The first-order valence-corrected chi connectivity index (χ1v) is 7.17. The molecular weight excluding hydrogens is 252 g/mol. The lowest BCUT2D eigenvalue weighted by Crippen LogP contribution is -2.06. The Kier molecular flexibility index (Phi) is 3.86. The molecule has 2 heterocycles. The van der Waals surface area contributed by atoms with Crippen LogP contribution in [0.1, 0.15) is 18.5 Å². The SMILES string of the molecule is CSc1c(N)nsc1NC(C)c1cccnc1. The van der Waals surface area contributed by atoms with Gasteiger partial charge in [0.05, 0.1) is 10.9 Å². The Hall–Kier alpha value is -1.27. The van der Waals surface area contributed by atoms with Crippen molar-refractivity contribution in [1.82, 2.24) is 9.36 Å². The molecule has 0 aromatic carbocycles. The zero-order valence-corrected chi connectivity index (χ0v) is 11.3. The van der Waals surface area contributed by atoms with E-state index in [2.05, 4.69) is 21.6 Å². The van der Waals surface area contributed by atoms with Crippen molar-refractivity contribution in [2.75, 3.05) is 17.3 Å². The van der Waals surface area contributed by atoms with Crippen LogP contribution in [0.2, 0.25) is 0 Å². The molecule has 0 spiro atoms. The summed E-state index contributed by atoms with van der Waals surface area (Å²) in [5, 5.41) is 4.43.